The van der Waals surface area contributed by atoms with Crippen LogP contribution in [0, 0.1) is 11.3 Å². The highest BCUT2D eigenvalue weighted by atomic mass is 35.5. The smallest absolute Gasteiger partial charge is 0.257 e. The van der Waals surface area contributed by atoms with Crippen LogP contribution in [0.3, 0.4) is 0 Å². The van der Waals surface area contributed by atoms with E-state index in [2.05, 4.69) is 17.4 Å². The normalized spacial score (nSPS) is 14.5. The number of nitriles is 1. The van der Waals surface area contributed by atoms with Crippen molar-refractivity contribution in [3.63, 3.8) is 0 Å². The zero-order chi connectivity index (χ0) is 17.0. The van der Waals surface area contributed by atoms with E-state index in [1.165, 1.54) is 11.6 Å². The maximum absolute atomic E-state index is 12.0. The van der Waals surface area contributed by atoms with Gasteiger partial charge in [-0.25, -0.2) is 0 Å². The Balaban J connectivity index is 1.51. The third-order valence-corrected chi connectivity index (χ3v) is 4.58. The second kappa shape index (κ2) is 6.94. The molecular formula is C19H17ClN2O2. The molecule has 3 rings (SSSR count). The molecule has 2 aromatic carbocycles. The van der Waals surface area contributed by atoms with E-state index in [1.54, 1.807) is 12.1 Å². The maximum atomic E-state index is 12.0. The van der Waals surface area contributed by atoms with E-state index >= 15 is 0 Å². The van der Waals surface area contributed by atoms with Gasteiger partial charge in [0.05, 0.1) is 16.7 Å². The first-order valence-corrected chi connectivity index (χ1v) is 8.15. The lowest BCUT2D eigenvalue weighted by Gasteiger charge is -2.17. The molecular weight excluding hydrogens is 324 g/mol. The van der Waals surface area contributed by atoms with E-state index in [-0.39, 0.29) is 17.9 Å². The number of ether oxygens (including phenoxy) is 1. The average molecular weight is 341 g/mol. The van der Waals surface area contributed by atoms with Gasteiger partial charge in [-0.3, -0.25) is 4.79 Å². The molecule has 5 heteroatoms. The van der Waals surface area contributed by atoms with Gasteiger partial charge in [0.1, 0.15) is 5.75 Å². The van der Waals surface area contributed by atoms with E-state index in [4.69, 9.17) is 21.6 Å². The Kier molecular flexibility index (Phi) is 4.73. The molecule has 0 aliphatic heterocycles. The number of carbonyl (C=O) groups excluding carboxylic acids is 1. The van der Waals surface area contributed by atoms with Crippen molar-refractivity contribution in [1.82, 2.24) is 5.32 Å². The van der Waals surface area contributed by atoms with Gasteiger partial charge in [0, 0.05) is 12.0 Å². The molecule has 0 aromatic heterocycles. The van der Waals surface area contributed by atoms with Crippen LogP contribution in [-0.2, 0) is 10.2 Å². The Morgan fingerprint density at radius 2 is 2.00 bits per heavy atom. The molecule has 122 valence electrons. The van der Waals surface area contributed by atoms with Crippen LogP contribution < -0.4 is 10.1 Å². The van der Waals surface area contributed by atoms with Gasteiger partial charge in [0.25, 0.3) is 5.91 Å². The molecule has 1 aliphatic rings. The zero-order valence-corrected chi connectivity index (χ0v) is 13.8. The molecule has 0 atom stereocenters. The molecule has 24 heavy (non-hydrogen) atoms. The van der Waals surface area contributed by atoms with Crippen LogP contribution in [0.25, 0.3) is 0 Å². The van der Waals surface area contributed by atoms with Gasteiger partial charge in [0.2, 0.25) is 0 Å². The number of halogens is 1. The Morgan fingerprint density at radius 3 is 2.62 bits per heavy atom. The summed E-state index contributed by atoms with van der Waals surface area (Å²) in [5, 5.41) is 12.1. The molecule has 2 aromatic rings. The first-order chi connectivity index (χ1) is 11.6. The summed E-state index contributed by atoms with van der Waals surface area (Å²) in [6, 6.07) is 17.0. The van der Waals surface area contributed by atoms with Crippen LogP contribution >= 0.6 is 11.6 Å². The van der Waals surface area contributed by atoms with Gasteiger partial charge < -0.3 is 10.1 Å². The number of amides is 1. The fourth-order valence-corrected chi connectivity index (χ4v) is 2.89. The van der Waals surface area contributed by atoms with E-state index in [0.29, 0.717) is 22.9 Å². The highest BCUT2D eigenvalue weighted by molar-refractivity contribution is 6.32. The highest BCUT2D eigenvalue weighted by Gasteiger charge is 2.44. The van der Waals surface area contributed by atoms with Crippen LogP contribution in [-0.4, -0.2) is 19.1 Å². The predicted octanol–water partition coefficient (Wildman–Crippen LogP) is 3.44. The van der Waals surface area contributed by atoms with Crippen molar-refractivity contribution >= 4 is 17.5 Å². The quantitative estimate of drug-likeness (QED) is 0.876. The lowest BCUT2D eigenvalue weighted by atomic mass is 9.96. The number of carbonyl (C=O) groups is 1. The highest BCUT2D eigenvalue weighted by Crippen LogP contribution is 2.47. The fourth-order valence-electron chi connectivity index (χ4n) is 2.66. The Hall–Kier alpha value is -2.51. The summed E-state index contributed by atoms with van der Waals surface area (Å²) in [5.41, 5.74) is 1.79. The van der Waals surface area contributed by atoms with Crippen molar-refractivity contribution in [2.24, 2.45) is 0 Å². The van der Waals surface area contributed by atoms with Crippen molar-refractivity contribution in [3.05, 3.63) is 64.7 Å². The first kappa shape index (κ1) is 16.4. The number of rotatable bonds is 6. The minimum atomic E-state index is -0.183. The van der Waals surface area contributed by atoms with Gasteiger partial charge in [-0.1, -0.05) is 41.9 Å². The number of nitrogens with one attached hydrogen (secondary N) is 1. The van der Waals surface area contributed by atoms with Gasteiger partial charge in [0.15, 0.2) is 6.61 Å². The fraction of sp³-hybridized carbons (Fsp3) is 0.263. The largest absolute Gasteiger partial charge is 0.482 e. The third kappa shape index (κ3) is 3.69. The van der Waals surface area contributed by atoms with Crippen molar-refractivity contribution < 1.29 is 9.53 Å². The molecule has 1 saturated carbocycles. The average Bonchev–Trinajstić information content (AvgIpc) is 3.41. The molecule has 0 radical (unpaired) electrons. The topological polar surface area (TPSA) is 62.1 Å². The molecule has 0 unspecified atom stereocenters. The SMILES string of the molecule is N#Cc1ccc(OCC(=O)NCC2(c3ccccc3)CC2)c(Cl)c1. The van der Waals surface area contributed by atoms with Crippen molar-refractivity contribution in [1.29, 1.82) is 5.26 Å². The summed E-state index contributed by atoms with van der Waals surface area (Å²) in [6.45, 7) is 0.511. The molecule has 4 nitrogen and oxygen atoms in total. The molecule has 1 aliphatic carbocycles. The van der Waals surface area contributed by atoms with Gasteiger partial charge in [-0.05, 0) is 36.6 Å². The predicted molar refractivity (Wildman–Crippen MR) is 92.0 cm³/mol. The number of hydrogen-bond donors (Lipinski definition) is 1. The van der Waals surface area contributed by atoms with Gasteiger partial charge in [-0.15, -0.1) is 0 Å². The van der Waals surface area contributed by atoms with E-state index in [0.717, 1.165) is 12.8 Å². The maximum Gasteiger partial charge on any atom is 0.257 e. The lowest BCUT2D eigenvalue weighted by Crippen LogP contribution is -2.35. The summed E-state index contributed by atoms with van der Waals surface area (Å²) in [5.74, 6) is 0.215. The summed E-state index contributed by atoms with van der Waals surface area (Å²) in [6.07, 6.45) is 2.17. The number of nitrogens with zero attached hydrogens (tertiary/aromatic N) is 1. The molecule has 1 N–H and O–H groups in total. The Labute approximate surface area is 146 Å². The Bertz CT molecular complexity index is 780. The summed E-state index contributed by atoms with van der Waals surface area (Å²) in [4.78, 5) is 12.0. The number of benzene rings is 2. The standard InChI is InChI=1S/C19H17ClN2O2/c20-16-10-14(11-21)6-7-17(16)24-12-18(23)22-13-19(8-9-19)15-4-2-1-3-5-15/h1-7,10H,8-9,12-13H2,(H,22,23). The van der Waals surface area contributed by atoms with Crippen LogP contribution in [0.1, 0.15) is 24.0 Å². The zero-order valence-electron chi connectivity index (χ0n) is 13.1. The van der Waals surface area contributed by atoms with Crippen LogP contribution in [0.2, 0.25) is 5.02 Å². The second-order valence-corrected chi connectivity index (χ2v) is 6.38. The molecule has 0 heterocycles. The molecule has 1 amide bonds. The van der Waals surface area contributed by atoms with Crippen molar-refractivity contribution in [2.75, 3.05) is 13.2 Å². The minimum absolute atomic E-state index is 0.0724. The van der Waals surface area contributed by atoms with E-state index in [1.807, 2.05) is 24.3 Å². The monoisotopic (exact) mass is 340 g/mol. The summed E-state index contributed by atoms with van der Waals surface area (Å²) >= 11 is 6.02. The second-order valence-electron chi connectivity index (χ2n) is 5.97. The summed E-state index contributed by atoms with van der Waals surface area (Å²) in [7, 11) is 0. The molecule has 0 spiro atoms. The van der Waals surface area contributed by atoms with Crippen molar-refractivity contribution in [3.8, 4) is 11.8 Å². The van der Waals surface area contributed by atoms with Crippen LogP contribution in [0.15, 0.2) is 48.5 Å². The molecule has 0 saturated heterocycles. The van der Waals surface area contributed by atoms with Gasteiger partial charge >= 0.3 is 0 Å². The third-order valence-electron chi connectivity index (χ3n) is 4.28. The lowest BCUT2D eigenvalue weighted by molar-refractivity contribution is -0.123. The summed E-state index contributed by atoms with van der Waals surface area (Å²) < 4.78 is 5.44. The molecule has 0 bridgehead atoms. The van der Waals surface area contributed by atoms with E-state index < -0.39 is 0 Å². The van der Waals surface area contributed by atoms with Crippen LogP contribution in [0.5, 0.6) is 5.75 Å². The van der Waals surface area contributed by atoms with E-state index in [9.17, 15) is 4.79 Å². The van der Waals surface area contributed by atoms with Crippen LogP contribution in [0.4, 0.5) is 0 Å². The van der Waals surface area contributed by atoms with Gasteiger partial charge in [-0.2, -0.15) is 5.26 Å². The van der Waals surface area contributed by atoms with Crippen molar-refractivity contribution in [2.45, 2.75) is 18.3 Å². The minimum Gasteiger partial charge on any atom is -0.482 e. The Morgan fingerprint density at radius 1 is 1.25 bits per heavy atom. The first-order valence-electron chi connectivity index (χ1n) is 7.78. The molecule has 1 fully saturated rings. The number of hydrogen-bond acceptors (Lipinski definition) is 3.